The zero-order valence-corrected chi connectivity index (χ0v) is 13.6. The second-order valence-corrected chi connectivity index (χ2v) is 7.35. The SMILES string of the molecule is CC1CCC(Nc2c(Cl)cnn(CC3CC3)c2=O)C(C)C1. The molecule has 1 aromatic heterocycles. The summed E-state index contributed by atoms with van der Waals surface area (Å²) in [6.45, 7) is 5.28. The zero-order valence-electron chi connectivity index (χ0n) is 12.8. The molecule has 2 aliphatic carbocycles. The molecule has 0 radical (unpaired) electrons. The Morgan fingerprint density at radius 2 is 2.10 bits per heavy atom. The van der Waals surface area contributed by atoms with Gasteiger partial charge in [-0.25, -0.2) is 4.68 Å². The lowest BCUT2D eigenvalue weighted by Crippen LogP contribution is -2.36. The maximum Gasteiger partial charge on any atom is 0.291 e. The molecule has 3 unspecified atom stereocenters. The Morgan fingerprint density at radius 3 is 2.76 bits per heavy atom. The lowest BCUT2D eigenvalue weighted by atomic mass is 9.80. The molecule has 3 atom stereocenters. The van der Waals surface area contributed by atoms with Crippen molar-refractivity contribution in [2.75, 3.05) is 5.32 Å². The summed E-state index contributed by atoms with van der Waals surface area (Å²) in [5.41, 5.74) is 0.471. The van der Waals surface area contributed by atoms with E-state index in [0.29, 0.717) is 28.6 Å². The van der Waals surface area contributed by atoms with Crippen LogP contribution in [0.4, 0.5) is 5.69 Å². The second-order valence-electron chi connectivity index (χ2n) is 6.94. The number of hydrogen-bond acceptors (Lipinski definition) is 3. The fraction of sp³-hybridized carbons (Fsp3) is 0.750. The van der Waals surface area contributed by atoms with Gasteiger partial charge in [0, 0.05) is 12.6 Å². The molecule has 1 heterocycles. The van der Waals surface area contributed by atoms with E-state index >= 15 is 0 Å². The summed E-state index contributed by atoms with van der Waals surface area (Å²) >= 11 is 6.21. The molecule has 4 nitrogen and oxygen atoms in total. The molecule has 5 heteroatoms. The molecule has 2 aliphatic rings. The summed E-state index contributed by atoms with van der Waals surface area (Å²) < 4.78 is 1.57. The molecule has 0 saturated heterocycles. The number of rotatable bonds is 4. The normalized spacial score (nSPS) is 29.4. The molecule has 0 aliphatic heterocycles. The third kappa shape index (κ3) is 3.42. The fourth-order valence-electron chi connectivity index (χ4n) is 3.34. The first kappa shape index (κ1) is 14.9. The lowest BCUT2D eigenvalue weighted by molar-refractivity contribution is 0.276. The number of hydrogen-bond donors (Lipinski definition) is 1. The number of nitrogens with one attached hydrogen (secondary N) is 1. The summed E-state index contributed by atoms with van der Waals surface area (Å²) in [4.78, 5) is 12.6. The van der Waals surface area contributed by atoms with Gasteiger partial charge in [0.1, 0.15) is 5.69 Å². The van der Waals surface area contributed by atoms with E-state index in [1.807, 2.05) is 0 Å². The molecule has 3 rings (SSSR count). The summed E-state index contributed by atoms with van der Waals surface area (Å²) in [5.74, 6) is 1.96. The first-order valence-corrected chi connectivity index (χ1v) is 8.44. The van der Waals surface area contributed by atoms with Crippen molar-refractivity contribution in [3.8, 4) is 0 Å². The third-order valence-corrected chi connectivity index (χ3v) is 5.17. The second kappa shape index (κ2) is 5.99. The fourth-order valence-corrected chi connectivity index (χ4v) is 3.52. The molecule has 0 amide bonds. The van der Waals surface area contributed by atoms with Crippen LogP contribution in [-0.4, -0.2) is 15.8 Å². The van der Waals surface area contributed by atoms with Crippen molar-refractivity contribution < 1.29 is 0 Å². The Bertz CT molecular complexity index is 567. The van der Waals surface area contributed by atoms with Gasteiger partial charge in [-0.05, 0) is 49.9 Å². The molecule has 2 saturated carbocycles. The molecular formula is C16H24ClN3O. The van der Waals surface area contributed by atoms with Crippen LogP contribution in [0.1, 0.15) is 46.0 Å². The van der Waals surface area contributed by atoms with Gasteiger partial charge in [-0.2, -0.15) is 5.10 Å². The van der Waals surface area contributed by atoms with E-state index in [1.165, 1.54) is 25.7 Å². The van der Waals surface area contributed by atoms with Crippen LogP contribution in [0, 0.1) is 17.8 Å². The predicted molar refractivity (Wildman–Crippen MR) is 85.8 cm³/mol. The van der Waals surface area contributed by atoms with Crippen molar-refractivity contribution >= 4 is 17.3 Å². The van der Waals surface area contributed by atoms with Gasteiger partial charge in [0.25, 0.3) is 5.56 Å². The number of anilines is 1. The van der Waals surface area contributed by atoms with Crippen LogP contribution in [0.2, 0.25) is 5.02 Å². The lowest BCUT2D eigenvalue weighted by Gasteiger charge is -2.33. The molecular weight excluding hydrogens is 286 g/mol. The summed E-state index contributed by atoms with van der Waals surface area (Å²) in [6, 6.07) is 0.336. The van der Waals surface area contributed by atoms with Crippen LogP contribution in [0.25, 0.3) is 0 Å². The Hall–Kier alpha value is -1.03. The third-order valence-electron chi connectivity index (χ3n) is 4.89. The van der Waals surface area contributed by atoms with Crippen LogP contribution in [0.5, 0.6) is 0 Å². The maximum atomic E-state index is 12.6. The van der Waals surface area contributed by atoms with Gasteiger partial charge in [0.15, 0.2) is 0 Å². The standard InChI is InChI=1S/C16H24ClN3O/c1-10-3-6-14(11(2)7-10)19-15-13(17)8-18-20(16(15)21)9-12-4-5-12/h8,10-12,14,19H,3-7,9H2,1-2H3. The minimum atomic E-state index is -0.0692. The Balaban J connectivity index is 1.79. The van der Waals surface area contributed by atoms with E-state index in [9.17, 15) is 4.79 Å². The van der Waals surface area contributed by atoms with Gasteiger partial charge in [-0.15, -0.1) is 0 Å². The summed E-state index contributed by atoms with van der Waals surface area (Å²) in [7, 11) is 0. The first-order valence-electron chi connectivity index (χ1n) is 8.06. The highest BCUT2D eigenvalue weighted by atomic mass is 35.5. The van der Waals surface area contributed by atoms with Crippen molar-refractivity contribution in [2.45, 2.75) is 58.5 Å². The monoisotopic (exact) mass is 309 g/mol. The summed E-state index contributed by atoms with van der Waals surface area (Å²) in [6.07, 6.45) is 7.53. The molecule has 0 aromatic carbocycles. The minimum absolute atomic E-state index is 0.0692. The van der Waals surface area contributed by atoms with E-state index < -0.39 is 0 Å². The average molecular weight is 310 g/mol. The van der Waals surface area contributed by atoms with Gasteiger partial charge in [0.2, 0.25) is 0 Å². The van der Waals surface area contributed by atoms with Gasteiger partial charge >= 0.3 is 0 Å². The first-order chi connectivity index (χ1) is 10.0. The van der Waals surface area contributed by atoms with E-state index in [2.05, 4.69) is 24.3 Å². The average Bonchev–Trinajstić information content (AvgIpc) is 3.24. The Kier molecular flexibility index (Phi) is 4.25. The van der Waals surface area contributed by atoms with Crippen LogP contribution >= 0.6 is 11.6 Å². The number of aromatic nitrogens is 2. The summed E-state index contributed by atoms with van der Waals surface area (Å²) in [5, 5.41) is 8.03. The molecule has 0 spiro atoms. The zero-order chi connectivity index (χ0) is 15.0. The maximum absolute atomic E-state index is 12.6. The Labute approximate surface area is 130 Å². The quantitative estimate of drug-likeness (QED) is 0.925. The number of nitrogens with zero attached hydrogens (tertiary/aromatic N) is 2. The molecule has 116 valence electrons. The van der Waals surface area contributed by atoms with Gasteiger partial charge in [0.05, 0.1) is 11.2 Å². The van der Waals surface area contributed by atoms with Crippen molar-refractivity contribution in [1.82, 2.24) is 9.78 Å². The molecule has 1 N–H and O–H groups in total. The topological polar surface area (TPSA) is 46.9 Å². The van der Waals surface area contributed by atoms with Gasteiger partial charge < -0.3 is 5.32 Å². The van der Waals surface area contributed by atoms with Crippen molar-refractivity contribution in [1.29, 1.82) is 0 Å². The number of halogens is 1. The van der Waals surface area contributed by atoms with Crippen LogP contribution in [0.3, 0.4) is 0 Å². The smallest absolute Gasteiger partial charge is 0.291 e. The van der Waals surface area contributed by atoms with Crippen molar-refractivity contribution in [3.63, 3.8) is 0 Å². The van der Waals surface area contributed by atoms with E-state index in [-0.39, 0.29) is 5.56 Å². The molecule has 0 bridgehead atoms. The highest BCUT2D eigenvalue weighted by Crippen LogP contribution is 2.32. The molecule has 2 fully saturated rings. The Morgan fingerprint density at radius 1 is 1.33 bits per heavy atom. The van der Waals surface area contributed by atoms with Crippen molar-refractivity contribution in [3.05, 3.63) is 21.6 Å². The molecule has 21 heavy (non-hydrogen) atoms. The highest BCUT2D eigenvalue weighted by Gasteiger charge is 2.28. The highest BCUT2D eigenvalue weighted by molar-refractivity contribution is 6.33. The van der Waals surface area contributed by atoms with Gasteiger partial charge in [-0.1, -0.05) is 25.4 Å². The minimum Gasteiger partial charge on any atom is -0.376 e. The van der Waals surface area contributed by atoms with Crippen LogP contribution in [-0.2, 0) is 6.54 Å². The van der Waals surface area contributed by atoms with Crippen molar-refractivity contribution in [2.24, 2.45) is 17.8 Å². The van der Waals surface area contributed by atoms with Gasteiger partial charge in [-0.3, -0.25) is 4.79 Å². The van der Waals surface area contributed by atoms with E-state index in [1.54, 1.807) is 10.9 Å². The molecule has 1 aromatic rings. The predicted octanol–water partition coefficient (Wildman–Crippen LogP) is 3.54. The van der Waals surface area contributed by atoms with E-state index in [4.69, 9.17) is 11.6 Å². The van der Waals surface area contributed by atoms with Crippen LogP contribution < -0.4 is 10.9 Å². The van der Waals surface area contributed by atoms with E-state index in [0.717, 1.165) is 18.9 Å². The van der Waals surface area contributed by atoms with Crippen LogP contribution in [0.15, 0.2) is 11.0 Å². The largest absolute Gasteiger partial charge is 0.376 e.